The van der Waals surface area contributed by atoms with E-state index in [0.717, 1.165) is 0 Å². The quantitative estimate of drug-likeness (QED) is 0.578. The van der Waals surface area contributed by atoms with E-state index in [9.17, 15) is 9.18 Å². The first-order valence-corrected chi connectivity index (χ1v) is 7.70. The monoisotopic (exact) mass is 355 g/mol. The number of urea groups is 1. The zero-order valence-electron chi connectivity index (χ0n) is 13.9. The van der Waals surface area contributed by atoms with E-state index < -0.39 is 5.82 Å². The summed E-state index contributed by atoms with van der Waals surface area (Å²) in [4.78, 5) is 21.6. The predicted molar refractivity (Wildman–Crippen MR) is 94.0 cm³/mol. The molecule has 0 aliphatic rings. The molecule has 0 atom stereocenters. The molecule has 8 nitrogen and oxygen atoms in total. The normalized spacial score (nSPS) is 11.0. The van der Waals surface area contributed by atoms with E-state index in [1.165, 1.54) is 23.1 Å². The zero-order valence-corrected chi connectivity index (χ0v) is 13.9. The van der Waals surface area contributed by atoms with Crippen molar-refractivity contribution >= 4 is 45.9 Å². The number of carbonyl (C=O) groups excluding carboxylic acids is 1. The van der Waals surface area contributed by atoms with Crippen LogP contribution in [0.3, 0.4) is 0 Å². The molecule has 0 fully saturated rings. The summed E-state index contributed by atoms with van der Waals surface area (Å²) in [5.41, 5.74) is 2.49. The van der Waals surface area contributed by atoms with Crippen LogP contribution in [0, 0.1) is 5.82 Å². The molecular weight excluding hydrogens is 341 g/mol. The van der Waals surface area contributed by atoms with Crippen LogP contribution in [0.4, 0.5) is 26.9 Å². The first-order valence-electron chi connectivity index (χ1n) is 7.70. The Morgan fingerprint density at radius 1 is 1.00 bits per heavy atom. The maximum absolute atomic E-state index is 13.2. The van der Waals surface area contributed by atoms with Gasteiger partial charge in [-0.2, -0.15) is 9.97 Å². The van der Waals surface area contributed by atoms with Crippen molar-refractivity contribution in [1.82, 2.24) is 14.9 Å². The van der Waals surface area contributed by atoms with Gasteiger partial charge in [0.2, 0.25) is 0 Å². The van der Waals surface area contributed by atoms with Gasteiger partial charge in [0.15, 0.2) is 11.2 Å². The van der Waals surface area contributed by atoms with Crippen LogP contribution in [0.2, 0.25) is 0 Å². The molecule has 4 rings (SSSR count). The van der Waals surface area contributed by atoms with Gasteiger partial charge < -0.3 is 19.1 Å². The summed E-state index contributed by atoms with van der Waals surface area (Å²) in [6, 6.07) is 9.21. The lowest BCUT2D eigenvalue weighted by Crippen LogP contribution is -2.27. The van der Waals surface area contributed by atoms with Gasteiger partial charge in [0.1, 0.15) is 16.9 Å². The van der Waals surface area contributed by atoms with Crippen LogP contribution in [-0.2, 0) is 0 Å². The van der Waals surface area contributed by atoms with Gasteiger partial charge in [-0.15, -0.1) is 0 Å². The van der Waals surface area contributed by atoms with Crippen molar-refractivity contribution in [2.45, 2.75) is 0 Å². The Kier molecular flexibility index (Phi) is 3.68. The summed E-state index contributed by atoms with van der Waals surface area (Å²) in [5.74, 6) is -0.397. The van der Waals surface area contributed by atoms with E-state index in [1.807, 2.05) is 0 Å². The molecule has 0 unspecified atom stereocenters. The summed E-state index contributed by atoms with van der Waals surface area (Å²) in [6.45, 7) is 0. The summed E-state index contributed by atoms with van der Waals surface area (Å²) in [6.07, 6.45) is 0. The number of amides is 2. The first-order chi connectivity index (χ1) is 12.5. The van der Waals surface area contributed by atoms with Crippen LogP contribution < -0.4 is 10.6 Å². The largest absolute Gasteiger partial charge is 0.423 e. The third-order valence-corrected chi connectivity index (χ3v) is 3.61. The van der Waals surface area contributed by atoms with Crippen molar-refractivity contribution in [2.75, 3.05) is 24.7 Å². The number of oxazole rings is 2. The minimum absolute atomic E-state index is 0.137. The number of nitrogens with zero attached hydrogens (tertiary/aromatic N) is 3. The molecule has 0 spiro atoms. The molecule has 2 heterocycles. The van der Waals surface area contributed by atoms with Crippen molar-refractivity contribution in [3.8, 4) is 0 Å². The number of rotatable bonds is 3. The van der Waals surface area contributed by atoms with E-state index in [-0.39, 0.29) is 18.1 Å². The Morgan fingerprint density at radius 3 is 2.27 bits per heavy atom. The van der Waals surface area contributed by atoms with Crippen LogP contribution in [0.1, 0.15) is 0 Å². The number of hydrogen-bond donors (Lipinski definition) is 2. The van der Waals surface area contributed by atoms with Gasteiger partial charge in [0, 0.05) is 25.8 Å². The lowest BCUT2D eigenvalue weighted by molar-refractivity contribution is 0.230. The minimum Gasteiger partial charge on any atom is -0.423 e. The fourth-order valence-corrected chi connectivity index (χ4v) is 2.34. The number of aromatic nitrogens is 2. The fraction of sp³-hybridized carbons (Fsp3) is 0.118. The number of halogens is 1. The summed E-state index contributed by atoms with van der Waals surface area (Å²) >= 11 is 0. The number of hydrogen-bond acceptors (Lipinski definition) is 6. The highest BCUT2D eigenvalue weighted by Crippen LogP contribution is 2.26. The van der Waals surface area contributed by atoms with Crippen molar-refractivity contribution < 1.29 is 18.0 Å². The highest BCUT2D eigenvalue weighted by molar-refractivity contribution is 5.91. The number of nitrogens with one attached hydrogen (secondary N) is 2. The van der Waals surface area contributed by atoms with E-state index in [4.69, 9.17) is 8.83 Å². The molecule has 2 amide bonds. The van der Waals surface area contributed by atoms with Crippen molar-refractivity contribution in [1.29, 1.82) is 0 Å². The topological polar surface area (TPSA) is 96.4 Å². The smallest absolute Gasteiger partial charge is 0.321 e. The number of anilines is 3. The number of benzene rings is 2. The third kappa shape index (κ3) is 3.02. The average molecular weight is 355 g/mol. The average Bonchev–Trinajstić information content (AvgIpc) is 3.16. The molecule has 0 aliphatic heterocycles. The van der Waals surface area contributed by atoms with Crippen molar-refractivity contribution in [2.24, 2.45) is 0 Å². The minimum atomic E-state index is -0.397. The summed E-state index contributed by atoms with van der Waals surface area (Å²) in [5, 5.41) is 5.54. The second-order valence-corrected chi connectivity index (χ2v) is 5.78. The highest BCUT2D eigenvalue weighted by Gasteiger charge is 2.12. The van der Waals surface area contributed by atoms with Crippen LogP contribution in [-0.4, -0.2) is 35.0 Å². The third-order valence-electron chi connectivity index (χ3n) is 3.61. The Hall–Kier alpha value is -3.62. The Balaban J connectivity index is 1.59. The van der Waals surface area contributed by atoms with Gasteiger partial charge in [-0.1, -0.05) is 0 Å². The molecule has 9 heteroatoms. The molecule has 4 aromatic rings. The van der Waals surface area contributed by atoms with E-state index in [2.05, 4.69) is 20.6 Å². The van der Waals surface area contributed by atoms with Crippen molar-refractivity contribution in [3.63, 3.8) is 0 Å². The first kappa shape index (κ1) is 15.9. The van der Waals surface area contributed by atoms with Gasteiger partial charge in [0.25, 0.3) is 0 Å². The molecule has 0 saturated heterocycles. The summed E-state index contributed by atoms with van der Waals surface area (Å²) in [7, 11) is 3.30. The molecule has 0 radical (unpaired) electrons. The van der Waals surface area contributed by atoms with E-state index >= 15 is 0 Å². The zero-order chi connectivity index (χ0) is 18.3. The van der Waals surface area contributed by atoms with E-state index in [0.29, 0.717) is 27.9 Å². The van der Waals surface area contributed by atoms with Gasteiger partial charge in [-0.05, 0) is 30.3 Å². The Bertz CT molecular complexity index is 1120. The molecule has 2 aromatic heterocycles. The molecule has 132 valence electrons. The maximum atomic E-state index is 13.2. The van der Waals surface area contributed by atoms with E-state index in [1.54, 1.807) is 32.3 Å². The van der Waals surface area contributed by atoms with Crippen LogP contribution in [0.5, 0.6) is 0 Å². The van der Waals surface area contributed by atoms with Crippen molar-refractivity contribution in [3.05, 3.63) is 42.2 Å². The predicted octanol–water partition coefficient (Wildman–Crippen LogP) is 3.95. The number of fused-ring (bicyclic) bond motifs is 2. The second-order valence-electron chi connectivity index (χ2n) is 5.78. The van der Waals surface area contributed by atoms with Gasteiger partial charge >= 0.3 is 18.1 Å². The van der Waals surface area contributed by atoms with Crippen LogP contribution >= 0.6 is 0 Å². The molecule has 0 saturated carbocycles. The molecule has 2 aromatic carbocycles. The Morgan fingerprint density at radius 2 is 1.62 bits per heavy atom. The maximum Gasteiger partial charge on any atom is 0.321 e. The molecule has 2 N–H and O–H groups in total. The molecular formula is C17H14FN5O3. The second kappa shape index (κ2) is 6.03. The highest BCUT2D eigenvalue weighted by atomic mass is 19.1. The standard InChI is InChI=1S/C17H14FN5O3/c1-23(2)17(24)19-10-4-6-14-12(8-10)21-16(26-14)22-15-20-11-7-9(18)3-5-13(11)25-15/h3-8H,1-2H3,(H,19,24)(H,20,21,22). The van der Waals surface area contributed by atoms with Crippen LogP contribution in [0.25, 0.3) is 22.2 Å². The molecule has 26 heavy (non-hydrogen) atoms. The van der Waals surface area contributed by atoms with Gasteiger partial charge in [-0.3, -0.25) is 5.32 Å². The SMILES string of the molecule is CN(C)C(=O)Nc1ccc2oc(Nc3nc4cc(F)ccc4o3)nc2c1. The van der Waals surface area contributed by atoms with Gasteiger partial charge in [0.05, 0.1) is 0 Å². The summed E-state index contributed by atoms with van der Waals surface area (Å²) < 4.78 is 24.3. The van der Waals surface area contributed by atoms with Gasteiger partial charge in [-0.25, -0.2) is 9.18 Å². The Labute approximate surface area is 146 Å². The fourth-order valence-electron chi connectivity index (χ4n) is 2.34. The van der Waals surface area contributed by atoms with Crippen LogP contribution in [0.15, 0.2) is 45.2 Å². The lowest BCUT2D eigenvalue weighted by atomic mass is 10.3. The molecule has 0 aliphatic carbocycles. The lowest BCUT2D eigenvalue weighted by Gasteiger charge is -2.11. The molecule has 0 bridgehead atoms. The number of carbonyl (C=O) groups is 1.